The van der Waals surface area contributed by atoms with Gasteiger partial charge in [0, 0.05) is 19.6 Å². The maximum atomic E-state index is 10.9. The van der Waals surface area contributed by atoms with E-state index in [0.717, 1.165) is 56.8 Å². The lowest BCUT2D eigenvalue weighted by Crippen LogP contribution is -2.34. The van der Waals surface area contributed by atoms with Crippen LogP contribution in [-0.4, -0.2) is 47.6 Å². The molecule has 2 aromatic carbocycles. The van der Waals surface area contributed by atoms with Crippen molar-refractivity contribution in [2.24, 2.45) is 5.92 Å². The Labute approximate surface area is 195 Å². The molecule has 174 valence electrons. The van der Waals surface area contributed by atoms with Crippen LogP contribution in [0.4, 0.5) is 0 Å². The van der Waals surface area contributed by atoms with E-state index in [-0.39, 0.29) is 6.10 Å². The van der Waals surface area contributed by atoms with Gasteiger partial charge >= 0.3 is 0 Å². The van der Waals surface area contributed by atoms with E-state index in [1.54, 1.807) is 0 Å². The molecule has 1 atom stereocenters. The topological polar surface area (TPSA) is 26.7 Å². The third-order valence-corrected chi connectivity index (χ3v) is 7.64. The maximum Gasteiger partial charge on any atom is 0.0790 e. The first-order chi connectivity index (χ1) is 15.7. The molecule has 0 bridgehead atoms. The van der Waals surface area contributed by atoms with Crippen LogP contribution in [0.2, 0.25) is 0 Å². The zero-order valence-corrected chi connectivity index (χ0v) is 20.0. The van der Waals surface area contributed by atoms with Gasteiger partial charge in [-0.15, -0.1) is 0 Å². The smallest absolute Gasteiger partial charge is 0.0790 e. The number of unbranched alkanes of at least 4 members (excludes halogenated alkanes) is 1. The number of piperidine rings is 1. The van der Waals surface area contributed by atoms with Crippen molar-refractivity contribution in [3.05, 3.63) is 70.8 Å². The fraction of sp³-hybridized carbons (Fsp3) is 0.586. The quantitative estimate of drug-likeness (QED) is 0.555. The van der Waals surface area contributed by atoms with Gasteiger partial charge in [0.05, 0.1) is 6.10 Å². The summed E-state index contributed by atoms with van der Waals surface area (Å²) in [5.74, 6) is 0.787. The monoisotopic (exact) mass is 434 g/mol. The lowest BCUT2D eigenvalue weighted by Gasteiger charge is -2.32. The minimum Gasteiger partial charge on any atom is -0.388 e. The summed E-state index contributed by atoms with van der Waals surface area (Å²) in [6, 6.07) is 17.6. The van der Waals surface area contributed by atoms with Crippen molar-refractivity contribution in [3.63, 3.8) is 0 Å². The normalized spacial score (nSPS) is 19.4. The van der Waals surface area contributed by atoms with Gasteiger partial charge in [0.15, 0.2) is 0 Å². The highest BCUT2D eigenvalue weighted by molar-refractivity contribution is 5.34. The molecule has 0 amide bonds. The fourth-order valence-electron chi connectivity index (χ4n) is 5.44. The molecule has 2 aromatic rings. The third kappa shape index (κ3) is 6.66. The van der Waals surface area contributed by atoms with Gasteiger partial charge in [-0.2, -0.15) is 0 Å². The van der Waals surface area contributed by atoms with E-state index in [1.807, 2.05) is 0 Å². The predicted molar refractivity (Wildman–Crippen MR) is 134 cm³/mol. The van der Waals surface area contributed by atoms with Crippen molar-refractivity contribution in [1.82, 2.24) is 9.80 Å². The van der Waals surface area contributed by atoms with E-state index in [1.165, 1.54) is 62.0 Å². The largest absolute Gasteiger partial charge is 0.388 e. The number of rotatable bonds is 9. The summed E-state index contributed by atoms with van der Waals surface area (Å²) < 4.78 is 0. The van der Waals surface area contributed by atoms with E-state index in [9.17, 15) is 5.11 Å². The molecule has 32 heavy (non-hydrogen) atoms. The lowest BCUT2D eigenvalue weighted by atomic mass is 9.89. The summed E-state index contributed by atoms with van der Waals surface area (Å²) in [5.41, 5.74) is 5.43. The molecular formula is C29H42N2O. The minimum atomic E-state index is -0.318. The molecule has 1 saturated heterocycles. The maximum absolute atomic E-state index is 10.9. The first-order valence-corrected chi connectivity index (χ1v) is 13.0. The van der Waals surface area contributed by atoms with Crippen LogP contribution >= 0.6 is 0 Å². The molecule has 1 unspecified atom stereocenters. The fourth-order valence-corrected chi connectivity index (χ4v) is 5.44. The number of aliphatic hydroxyl groups is 1. The first kappa shape index (κ1) is 23.5. The van der Waals surface area contributed by atoms with Gasteiger partial charge in [0.2, 0.25) is 0 Å². The number of hydrogen-bond acceptors (Lipinski definition) is 3. The molecular weight excluding hydrogens is 392 g/mol. The number of benzene rings is 2. The zero-order valence-electron chi connectivity index (χ0n) is 20.0. The van der Waals surface area contributed by atoms with E-state index in [4.69, 9.17) is 0 Å². The van der Waals surface area contributed by atoms with Crippen LogP contribution in [0.3, 0.4) is 0 Å². The van der Waals surface area contributed by atoms with Gasteiger partial charge in [0.25, 0.3) is 0 Å². The summed E-state index contributed by atoms with van der Waals surface area (Å²) in [4.78, 5) is 5.20. The molecule has 2 heterocycles. The molecule has 4 rings (SSSR count). The number of nitrogens with zero attached hydrogens (tertiary/aromatic N) is 2. The molecule has 0 aliphatic carbocycles. The summed E-state index contributed by atoms with van der Waals surface area (Å²) in [7, 11) is 0. The summed E-state index contributed by atoms with van der Waals surface area (Å²) in [6.45, 7) is 9.28. The van der Waals surface area contributed by atoms with Crippen molar-refractivity contribution in [3.8, 4) is 0 Å². The van der Waals surface area contributed by atoms with Crippen molar-refractivity contribution < 1.29 is 5.11 Å². The second kappa shape index (κ2) is 12.0. The average Bonchev–Trinajstić information content (AvgIpc) is 3.04. The first-order valence-electron chi connectivity index (χ1n) is 13.0. The standard InChI is InChI=1S/C29H42N2O/c1-2-3-17-30-18-13-24(14-19-30)9-12-29(32)28-11-10-26-15-20-31(21-16-27(26)22-28)23-25-7-5-4-6-8-25/h4-8,10-11,22,24,29,32H,2-3,9,12-21,23H2,1H3. The Hall–Kier alpha value is -1.68. The molecule has 0 saturated carbocycles. The van der Waals surface area contributed by atoms with Crippen molar-refractivity contribution in [2.75, 3.05) is 32.7 Å². The van der Waals surface area contributed by atoms with E-state index in [0.29, 0.717) is 0 Å². The highest BCUT2D eigenvalue weighted by atomic mass is 16.3. The van der Waals surface area contributed by atoms with E-state index in [2.05, 4.69) is 65.3 Å². The Kier molecular flexibility index (Phi) is 8.78. The molecule has 0 aromatic heterocycles. The summed E-state index contributed by atoms with van der Waals surface area (Å²) in [5, 5.41) is 10.9. The lowest BCUT2D eigenvalue weighted by molar-refractivity contribution is 0.133. The van der Waals surface area contributed by atoms with Gasteiger partial charge < -0.3 is 10.0 Å². The summed E-state index contributed by atoms with van der Waals surface area (Å²) in [6.07, 6.45) is 9.15. The highest BCUT2D eigenvalue weighted by Gasteiger charge is 2.21. The van der Waals surface area contributed by atoms with Gasteiger partial charge in [0.1, 0.15) is 0 Å². The highest BCUT2D eigenvalue weighted by Crippen LogP contribution is 2.29. The summed E-state index contributed by atoms with van der Waals surface area (Å²) >= 11 is 0. The van der Waals surface area contributed by atoms with Crippen LogP contribution in [0, 0.1) is 5.92 Å². The molecule has 1 N–H and O–H groups in total. The zero-order chi connectivity index (χ0) is 22.2. The Bertz CT molecular complexity index is 813. The molecule has 2 aliphatic heterocycles. The minimum absolute atomic E-state index is 0.318. The number of likely N-dealkylation sites (tertiary alicyclic amines) is 1. The molecule has 3 heteroatoms. The average molecular weight is 435 g/mol. The van der Waals surface area contributed by atoms with Crippen LogP contribution in [0.1, 0.15) is 73.8 Å². The predicted octanol–water partition coefficient (Wildman–Crippen LogP) is 5.61. The van der Waals surface area contributed by atoms with Crippen LogP contribution in [0.15, 0.2) is 48.5 Å². The molecule has 2 aliphatic rings. The van der Waals surface area contributed by atoms with Gasteiger partial charge in [-0.1, -0.05) is 61.9 Å². The number of hydrogen-bond donors (Lipinski definition) is 1. The van der Waals surface area contributed by atoms with E-state index < -0.39 is 0 Å². The van der Waals surface area contributed by atoms with Gasteiger partial charge in [-0.25, -0.2) is 0 Å². The van der Waals surface area contributed by atoms with Gasteiger partial charge in [-0.3, -0.25) is 4.90 Å². The third-order valence-electron chi connectivity index (χ3n) is 7.64. The van der Waals surface area contributed by atoms with Crippen molar-refractivity contribution >= 4 is 0 Å². The molecule has 0 radical (unpaired) electrons. The van der Waals surface area contributed by atoms with Crippen molar-refractivity contribution in [2.45, 2.75) is 70.9 Å². The number of aliphatic hydroxyl groups excluding tert-OH is 1. The Balaban J connectivity index is 1.25. The molecule has 1 fully saturated rings. The van der Waals surface area contributed by atoms with Crippen LogP contribution in [0.5, 0.6) is 0 Å². The molecule has 3 nitrogen and oxygen atoms in total. The Morgan fingerprint density at radius 3 is 2.41 bits per heavy atom. The second-order valence-electron chi connectivity index (χ2n) is 10.0. The van der Waals surface area contributed by atoms with Crippen LogP contribution in [0.25, 0.3) is 0 Å². The van der Waals surface area contributed by atoms with E-state index >= 15 is 0 Å². The Morgan fingerprint density at radius 1 is 0.906 bits per heavy atom. The van der Waals surface area contributed by atoms with Crippen LogP contribution in [-0.2, 0) is 19.4 Å². The van der Waals surface area contributed by atoms with Crippen molar-refractivity contribution in [1.29, 1.82) is 0 Å². The molecule has 0 spiro atoms. The van der Waals surface area contributed by atoms with Crippen LogP contribution < -0.4 is 0 Å². The number of fused-ring (bicyclic) bond motifs is 1. The van der Waals surface area contributed by atoms with Gasteiger partial charge in [-0.05, 0) is 92.8 Å². The second-order valence-corrected chi connectivity index (χ2v) is 10.0. The Morgan fingerprint density at radius 2 is 1.66 bits per heavy atom. The SMILES string of the molecule is CCCCN1CCC(CCC(O)c2ccc3c(c2)CCN(Cc2ccccc2)CC3)CC1.